The number of aliphatic carboxylic acids is 1. The SMILES string of the molecule is Br.Br.CC=C(C)C(=O)O.CN(C)C. The fourth-order valence-electron chi connectivity index (χ4n) is 0.123. The van der Waals surface area contributed by atoms with Crippen molar-refractivity contribution >= 4 is 39.9 Å². The second kappa shape index (κ2) is 14.6. The second-order valence-electron chi connectivity index (χ2n) is 2.62. The van der Waals surface area contributed by atoms with Crippen molar-refractivity contribution in [1.29, 1.82) is 0 Å². The molecule has 0 heterocycles. The third-order valence-electron chi connectivity index (χ3n) is 0.770. The van der Waals surface area contributed by atoms with Crippen molar-refractivity contribution in [1.82, 2.24) is 4.90 Å². The summed E-state index contributed by atoms with van der Waals surface area (Å²) in [5.41, 5.74) is 0.389. The maximum atomic E-state index is 9.86. The third-order valence-corrected chi connectivity index (χ3v) is 0.770. The van der Waals surface area contributed by atoms with E-state index in [0.29, 0.717) is 5.57 Å². The van der Waals surface area contributed by atoms with Crippen molar-refractivity contribution in [3.8, 4) is 0 Å². The zero-order valence-corrected chi connectivity index (χ0v) is 12.1. The quantitative estimate of drug-likeness (QED) is 0.754. The lowest BCUT2D eigenvalue weighted by Crippen LogP contribution is -1.99. The zero-order chi connectivity index (χ0) is 9.44. The van der Waals surface area contributed by atoms with Crippen molar-refractivity contribution in [2.75, 3.05) is 21.1 Å². The van der Waals surface area contributed by atoms with E-state index in [9.17, 15) is 4.79 Å². The van der Waals surface area contributed by atoms with Crippen LogP contribution in [0.4, 0.5) is 0 Å². The van der Waals surface area contributed by atoms with Gasteiger partial charge >= 0.3 is 5.97 Å². The van der Waals surface area contributed by atoms with Gasteiger partial charge in [0, 0.05) is 5.57 Å². The Labute approximate surface area is 101 Å². The maximum absolute atomic E-state index is 9.86. The minimum atomic E-state index is -0.845. The molecule has 3 nitrogen and oxygen atoms in total. The van der Waals surface area contributed by atoms with Crippen LogP contribution in [-0.2, 0) is 4.79 Å². The van der Waals surface area contributed by atoms with Crippen LogP contribution in [0.5, 0.6) is 0 Å². The Balaban J connectivity index is -0.0000000600. The molecular weight excluding hydrogens is 302 g/mol. The van der Waals surface area contributed by atoms with Gasteiger partial charge in [-0.05, 0) is 35.0 Å². The molecule has 0 aliphatic carbocycles. The first-order valence-electron chi connectivity index (χ1n) is 3.39. The predicted molar refractivity (Wildman–Crippen MR) is 67.3 cm³/mol. The van der Waals surface area contributed by atoms with Crippen LogP contribution in [0.1, 0.15) is 13.8 Å². The van der Waals surface area contributed by atoms with E-state index in [1.807, 2.05) is 26.0 Å². The molecule has 0 aliphatic heterocycles. The molecule has 13 heavy (non-hydrogen) atoms. The van der Waals surface area contributed by atoms with Crippen LogP contribution in [-0.4, -0.2) is 37.1 Å². The summed E-state index contributed by atoms with van der Waals surface area (Å²) in [6, 6.07) is 0. The molecule has 0 unspecified atom stereocenters. The summed E-state index contributed by atoms with van der Waals surface area (Å²) in [6.07, 6.45) is 1.56. The van der Waals surface area contributed by atoms with Gasteiger partial charge in [-0.15, -0.1) is 34.0 Å². The second-order valence-corrected chi connectivity index (χ2v) is 2.62. The largest absolute Gasteiger partial charge is 0.478 e. The summed E-state index contributed by atoms with van der Waals surface area (Å²) in [4.78, 5) is 11.9. The molecule has 82 valence electrons. The number of carboxylic acid groups (broad SMARTS) is 1. The number of allylic oxidation sites excluding steroid dienone is 1. The van der Waals surface area contributed by atoms with Crippen molar-refractivity contribution in [3.05, 3.63) is 11.6 Å². The first-order valence-corrected chi connectivity index (χ1v) is 3.39. The highest BCUT2D eigenvalue weighted by Gasteiger charge is 1.93. The molecule has 0 amide bonds. The number of halogens is 2. The standard InChI is InChI=1S/C5H8O2.C3H9N.2BrH/c1-3-4(2)5(6)7;1-4(2)3;;/h3H,1-2H3,(H,6,7);1-3H3;2*1H. The summed E-state index contributed by atoms with van der Waals surface area (Å²) >= 11 is 0. The Kier molecular flexibility index (Phi) is 26.1. The molecule has 0 saturated carbocycles. The van der Waals surface area contributed by atoms with E-state index in [4.69, 9.17) is 5.11 Å². The van der Waals surface area contributed by atoms with E-state index < -0.39 is 5.97 Å². The van der Waals surface area contributed by atoms with Gasteiger partial charge in [0.25, 0.3) is 0 Å². The molecule has 0 radical (unpaired) electrons. The summed E-state index contributed by atoms with van der Waals surface area (Å²) in [6.45, 7) is 3.26. The molecule has 0 aromatic heterocycles. The average Bonchev–Trinajstić information content (AvgIpc) is 1.85. The van der Waals surface area contributed by atoms with E-state index in [-0.39, 0.29) is 34.0 Å². The van der Waals surface area contributed by atoms with Crippen LogP contribution in [0.3, 0.4) is 0 Å². The molecule has 0 atom stereocenters. The molecule has 0 saturated heterocycles. The molecule has 0 aromatic rings. The lowest BCUT2D eigenvalue weighted by Gasteiger charge is -1.90. The van der Waals surface area contributed by atoms with Gasteiger partial charge in [-0.2, -0.15) is 0 Å². The first-order chi connectivity index (χ1) is 4.91. The maximum Gasteiger partial charge on any atom is 0.330 e. The number of rotatable bonds is 1. The van der Waals surface area contributed by atoms with E-state index in [1.54, 1.807) is 19.9 Å². The molecule has 0 aliphatic rings. The van der Waals surface area contributed by atoms with Crippen molar-refractivity contribution in [2.24, 2.45) is 0 Å². The van der Waals surface area contributed by atoms with Crippen LogP contribution >= 0.6 is 34.0 Å². The van der Waals surface area contributed by atoms with Gasteiger partial charge in [-0.1, -0.05) is 6.08 Å². The molecule has 0 aromatic carbocycles. The Morgan fingerprint density at radius 2 is 1.46 bits per heavy atom. The van der Waals surface area contributed by atoms with Gasteiger partial charge in [0.2, 0.25) is 0 Å². The van der Waals surface area contributed by atoms with Gasteiger partial charge in [-0.25, -0.2) is 4.79 Å². The van der Waals surface area contributed by atoms with Crippen LogP contribution in [0, 0.1) is 0 Å². The van der Waals surface area contributed by atoms with Gasteiger partial charge in [0.05, 0.1) is 0 Å². The van der Waals surface area contributed by atoms with Gasteiger partial charge in [0.1, 0.15) is 0 Å². The number of carbonyl (C=O) groups is 1. The van der Waals surface area contributed by atoms with Crippen LogP contribution < -0.4 is 0 Å². The highest BCUT2D eigenvalue weighted by atomic mass is 79.9. The predicted octanol–water partition coefficient (Wildman–Crippen LogP) is 2.37. The van der Waals surface area contributed by atoms with Gasteiger partial charge < -0.3 is 10.0 Å². The fraction of sp³-hybridized carbons (Fsp3) is 0.625. The minimum Gasteiger partial charge on any atom is -0.478 e. The monoisotopic (exact) mass is 319 g/mol. The van der Waals surface area contributed by atoms with Crippen LogP contribution in [0.2, 0.25) is 0 Å². The molecule has 1 N–H and O–H groups in total. The lowest BCUT2D eigenvalue weighted by atomic mass is 10.3. The molecule has 0 fully saturated rings. The smallest absolute Gasteiger partial charge is 0.330 e. The summed E-state index contributed by atoms with van der Waals surface area (Å²) in [7, 11) is 6.00. The van der Waals surface area contributed by atoms with Crippen LogP contribution in [0.25, 0.3) is 0 Å². The highest BCUT2D eigenvalue weighted by molar-refractivity contribution is 8.93. The molecular formula is C8H19Br2NO2. The Morgan fingerprint density at radius 1 is 1.23 bits per heavy atom. The lowest BCUT2D eigenvalue weighted by molar-refractivity contribution is -0.132. The summed E-state index contributed by atoms with van der Waals surface area (Å²) in [5, 5.41) is 8.11. The number of hydrogen-bond acceptors (Lipinski definition) is 2. The van der Waals surface area contributed by atoms with Crippen molar-refractivity contribution in [2.45, 2.75) is 13.8 Å². The number of hydrogen-bond donors (Lipinski definition) is 1. The average molecular weight is 321 g/mol. The third kappa shape index (κ3) is 33.1. The van der Waals surface area contributed by atoms with Crippen LogP contribution in [0.15, 0.2) is 11.6 Å². The van der Waals surface area contributed by atoms with E-state index in [0.717, 1.165) is 0 Å². The first kappa shape index (κ1) is 23.2. The van der Waals surface area contributed by atoms with E-state index in [1.165, 1.54) is 0 Å². The van der Waals surface area contributed by atoms with E-state index in [2.05, 4.69) is 0 Å². The normalized spacial score (nSPS) is 8.92. The van der Waals surface area contributed by atoms with Crippen molar-refractivity contribution < 1.29 is 9.90 Å². The molecule has 5 heteroatoms. The Hall–Kier alpha value is 0.130. The number of nitrogens with zero attached hydrogens (tertiary/aromatic N) is 1. The van der Waals surface area contributed by atoms with Gasteiger partial charge in [0.15, 0.2) is 0 Å². The molecule has 0 rings (SSSR count). The molecule has 0 bridgehead atoms. The topological polar surface area (TPSA) is 40.5 Å². The fourth-order valence-corrected chi connectivity index (χ4v) is 0.123. The minimum absolute atomic E-state index is 0. The number of carboxylic acids is 1. The Bertz CT molecular complexity index is 144. The summed E-state index contributed by atoms with van der Waals surface area (Å²) in [5.74, 6) is -0.845. The van der Waals surface area contributed by atoms with E-state index >= 15 is 0 Å². The molecule has 0 spiro atoms. The Morgan fingerprint density at radius 3 is 1.46 bits per heavy atom. The van der Waals surface area contributed by atoms with Crippen molar-refractivity contribution in [3.63, 3.8) is 0 Å². The zero-order valence-electron chi connectivity index (χ0n) is 8.70. The summed E-state index contributed by atoms with van der Waals surface area (Å²) < 4.78 is 0. The highest BCUT2D eigenvalue weighted by Crippen LogP contribution is 1.87. The van der Waals surface area contributed by atoms with Gasteiger partial charge in [-0.3, -0.25) is 0 Å².